The van der Waals surface area contributed by atoms with Gasteiger partial charge in [0, 0.05) is 16.6 Å². The molecule has 0 amide bonds. The van der Waals surface area contributed by atoms with Crippen molar-refractivity contribution in [2.24, 2.45) is 0 Å². The normalized spacial score (nSPS) is 12.7. The highest BCUT2D eigenvalue weighted by molar-refractivity contribution is 5.90. The van der Waals surface area contributed by atoms with Gasteiger partial charge in [-0.3, -0.25) is 0 Å². The van der Waals surface area contributed by atoms with Crippen molar-refractivity contribution in [2.75, 3.05) is 6.61 Å². The zero-order chi connectivity index (χ0) is 12.4. The minimum Gasteiger partial charge on any atom is -0.478 e. The standard InChI is InChI=1S/C14H17NO2/c1-4-17-14-12-8-6-5-7-11(12)13(10(3)16)9(2)15-14/h5-8,10,16H,4H2,1-3H3/t10-/m1/s1. The molecule has 1 aromatic heterocycles. The van der Waals surface area contributed by atoms with Crippen molar-refractivity contribution in [2.45, 2.75) is 26.9 Å². The Hall–Kier alpha value is -1.61. The minimum atomic E-state index is -0.525. The Labute approximate surface area is 101 Å². The van der Waals surface area contributed by atoms with Crippen LogP contribution in [0.4, 0.5) is 0 Å². The molecule has 0 unspecified atom stereocenters. The number of aliphatic hydroxyl groups excluding tert-OH is 1. The van der Waals surface area contributed by atoms with Crippen molar-refractivity contribution in [3.8, 4) is 5.88 Å². The monoisotopic (exact) mass is 231 g/mol. The molecule has 0 spiro atoms. The first-order valence-electron chi connectivity index (χ1n) is 5.85. The fraction of sp³-hybridized carbons (Fsp3) is 0.357. The van der Waals surface area contributed by atoms with Crippen LogP contribution in [0.1, 0.15) is 31.2 Å². The van der Waals surface area contributed by atoms with Crippen molar-refractivity contribution >= 4 is 10.8 Å². The van der Waals surface area contributed by atoms with Gasteiger partial charge in [-0.1, -0.05) is 18.2 Å². The van der Waals surface area contributed by atoms with Gasteiger partial charge in [0.2, 0.25) is 5.88 Å². The van der Waals surface area contributed by atoms with Gasteiger partial charge in [0.25, 0.3) is 0 Å². The molecule has 1 atom stereocenters. The molecule has 3 nitrogen and oxygen atoms in total. The van der Waals surface area contributed by atoms with Crippen molar-refractivity contribution in [1.82, 2.24) is 4.98 Å². The molecule has 90 valence electrons. The largest absolute Gasteiger partial charge is 0.478 e. The zero-order valence-corrected chi connectivity index (χ0v) is 10.4. The number of aliphatic hydroxyl groups is 1. The number of hydrogen-bond acceptors (Lipinski definition) is 3. The van der Waals surface area contributed by atoms with Crippen LogP contribution >= 0.6 is 0 Å². The number of fused-ring (bicyclic) bond motifs is 1. The number of benzene rings is 1. The molecule has 2 aromatic rings. The van der Waals surface area contributed by atoms with E-state index in [2.05, 4.69) is 4.98 Å². The molecular weight excluding hydrogens is 214 g/mol. The lowest BCUT2D eigenvalue weighted by Crippen LogP contribution is -2.03. The van der Waals surface area contributed by atoms with Gasteiger partial charge in [-0.05, 0) is 32.2 Å². The Kier molecular flexibility index (Phi) is 3.29. The minimum absolute atomic E-state index is 0.525. The number of hydrogen-bond donors (Lipinski definition) is 1. The van der Waals surface area contributed by atoms with Crippen molar-refractivity contribution in [3.05, 3.63) is 35.5 Å². The molecular formula is C14H17NO2. The highest BCUT2D eigenvalue weighted by Crippen LogP contribution is 2.31. The van der Waals surface area contributed by atoms with Gasteiger partial charge in [-0.15, -0.1) is 0 Å². The van der Waals surface area contributed by atoms with Crippen LogP contribution in [0.3, 0.4) is 0 Å². The summed E-state index contributed by atoms with van der Waals surface area (Å²) in [7, 11) is 0. The predicted molar refractivity (Wildman–Crippen MR) is 68.3 cm³/mol. The summed E-state index contributed by atoms with van der Waals surface area (Å²) in [4.78, 5) is 4.43. The van der Waals surface area contributed by atoms with E-state index in [4.69, 9.17) is 4.74 Å². The van der Waals surface area contributed by atoms with E-state index in [9.17, 15) is 5.11 Å². The van der Waals surface area contributed by atoms with Gasteiger partial charge >= 0.3 is 0 Å². The van der Waals surface area contributed by atoms with E-state index in [1.807, 2.05) is 38.1 Å². The summed E-state index contributed by atoms with van der Waals surface area (Å²) < 4.78 is 5.54. The van der Waals surface area contributed by atoms with Gasteiger partial charge in [-0.2, -0.15) is 0 Å². The Morgan fingerprint density at radius 2 is 1.94 bits per heavy atom. The highest BCUT2D eigenvalue weighted by atomic mass is 16.5. The Morgan fingerprint density at radius 1 is 1.29 bits per heavy atom. The second-order valence-electron chi connectivity index (χ2n) is 4.07. The molecule has 2 rings (SSSR count). The molecule has 3 heteroatoms. The fourth-order valence-corrected chi connectivity index (χ4v) is 2.15. The van der Waals surface area contributed by atoms with Crippen LogP contribution in [0.25, 0.3) is 10.8 Å². The van der Waals surface area contributed by atoms with E-state index in [0.29, 0.717) is 12.5 Å². The van der Waals surface area contributed by atoms with E-state index < -0.39 is 6.10 Å². The SMILES string of the molecule is CCOc1nc(C)c([C@@H](C)O)c2ccccc12. The van der Waals surface area contributed by atoms with E-state index in [0.717, 1.165) is 22.0 Å². The van der Waals surface area contributed by atoms with Crippen LogP contribution in [0, 0.1) is 6.92 Å². The molecule has 0 radical (unpaired) electrons. The lowest BCUT2D eigenvalue weighted by Gasteiger charge is -2.15. The number of ether oxygens (including phenoxy) is 1. The average molecular weight is 231 g/mol. The first kappa shape index (κ1) is 11.9. The number of aromatic nitrogens is 1. The number of aryl methyl sites for hydroxylation is 1. The zero-order valence-electron chi connectivity index (χ0n) is 10.4. The van der Waals surface area contributed by atoms with Crippen LogP contribution in [-0.2, 0) is 0 Å². The van der Waals surface area contributed by atoms with Gasteiger partial charge in [0.05, 0.1) is 12.7 Å². The number of rotatable bonds is 3. The topological polar surface area (TPSA) is 42.4 Å². The first-order valence-corrected chi connectivity index (χ1v) is 5.85. The Balaban J connectivity index is 2.77. The van der Waals surface area contributed by atoms with Crippen molar-refractivity contribution in [3.63, 3.8) is 0 Å². The molecule has 0 aliphatic rings. The molecule has 1 heterocycles. The second kappa shape index (κ2) is 4.72. The van der Waals surface area contributed by atoms with Crippen LogP contribution in [-0.4, -0.2) is 16.7 Å². The average Bonchev–Trinajstić information content (AvgIpc) is 2.28. The smallest absolute Gasteiger partial charge is 0.221 e. The third-order valence-corrected chi connectivity index (χ3v) is 2.81. The summed E-state index contributed by atoms with van der Waals surface area (Å²) >= 11 is 0. The van der Waals surface area contributed by atoms with Gasteiger partial charge < -0.3 is 9.84 Å². The fourth-order valence-electron chi connectivity index (χ4n) is 2.15. The van der Waals surface area contributed by atoms with E-state index in [1.54, 1.807) is 6.92 Å². The van der Waals surface area contributed by atoms with Crippen LogP contribution in [0.15, 0.2) is 24.3 Å². The van der Waals surface area contributed by atoms with Crippen LogP contribution < -0.4 is 4.74 Å². The maximum Gasteiger partial charge on any atom is 0.221 e. The van der Waals surface area contributed by atoms with Gasteiger partial charge in [0.1, 0.15) is 0 Å². The first-order chi connectivity index (χ1) is 8.15. The van der Waals surface area contributed by atoms with Crippen LogP contribution in [0.5, 0.6) is 5.88 Å². The molecule has 0 bridgehead atoms. The Bertz CT molecular complexity index is 535. The predicted octanol–water partition coefficient (Wildman–Crippen LogP) is 3.00. The highest BCUT2D eigenvalue weighted by Gasteiger charge is 2.14. The van der Waals surface area contributed by atoms with E-state index >= 15 is 0 Å². The summed E-state index contributed by atoms with van der Waals surface area (Å²) in [5.41, 5.74) is 1.70. The van der Waals surface area contributed by atoms with Crippen molar-refractivity contribution in [1.29, 1.82) is 0 Å². The molecule has 0 fully saturated rings. The van der Waals surface area contributed by atoms with Gasteiger partial charge in [-0.25, -0.2) is 4.98 Å². The number of pyridine rings is 1. The van der Waals surface area contributed by atoms with E-state index in [-0.39, 0.29) is 0 Å². The molecule has 0 aliphatic heterocycles. The summed E-state index contributed by atoms with van der Waals surface area (Å²) in [6, 6.07) is 7.88. The molecule has 1 N–H and O–H groups in total. The third-order valence-electron chi connectivity index (χ3n) is 2.81. The molecule has 0 aliphatic carbocycles. The molecule has 17 heavy (non-hydrogen) atoms. The van der Waals surface area contributed by atoms with Crippen molar-refractivity contribution < 1.29 is 9.84 Å². The third kappa shape index (κ3) is 2.11. The maximum atomic E-state index is 9.84. The molecule has 0 saturated carbocycles. The van der Waals surface area contributed by atoms with Gasteiger partial charge in [0.15, 0.2) is 0 Å². The van der Waals surface area contributed by atoms with E-state index in [1.165, 1.54) is 0 Å². The summed E-state index contributed by atoms with van der Waals surface area (Å²) in [5.74, 6) is 0.644. The lowest BCUT2D eigenvalue weighted by molar-refractivity contribution is 0.199. The summed E-state index contributed by atoms with van der Waals surface area (Å²) in [6.07, 6.45) is -0.525. The summed E-state index contributed by atoms with van der Waals surface area (Å²) in [5, 5.41) is 11.8. The Morgan fingerprint density at radius 3 is 2.53 bits per heavy atom. The quantitative estimate of drug-likeness (QED) is 0.883. The van der Waals surface area contributed by atoms with Crippen LogP contribution in [0.2, 0.25) is 0 Å². The summed E-state index contributed by atoms with van der Waals surface area (Å²) in [6.45, 7) is 6.19. The molecule has 0 saturated heterocycles. The lowest BCUT2D eigenvalue weighted by atomic mass is 10.0. The molecule has 1 aromatic carbocycles. The number of nitrogens with zero attached hydrogens (tertiary/aromatic N) is 1. The second-order valence-corrected chi connectivity index (χ2v) is 4.07. The maximum absolute atomic E-state index is 9.84.